The van der Waals surface area contributed by atoms with Crippen LogP contribution in [-0.2, 0) is 11.3 Å². The normalized spacial score (nSPS) is 11.1. The lowest BCUT2D eigenvalue weighted by Gasteiger charge is -2.09. The number of rotatable bonds is 6. The molecule has 4 aromatic rings. The molecule has 4 rings (SSSR count). The van der Waals surface area contributed by atoms with Crippen LogP contribution in [0.15, 0.2) is 53.7 Å². The molecule has 0 aliphatic heterocycles. The molecule has 2 aromatic heterocycles. The van der Waals surface area contributed by atoms with Crippen LogP contribution in [0.2, 0.25) is 0 Å². The Hall–Kier alpha value is -3.13. The average Bonchev–Trinajstić information content (AvgIpc) is 3.29. The maximum atomic E-state index is 12.3. The molecule has 2 N–H and O–H groups in total. The largest absolute Gasteiger partial charge is 0.324 e. The first kappa shape index (κ1) is 18.2. The first-order valence-electron chi connectivity index (χ1n) is 9.02. The first-order valence-corrected chi connectivity index (χ1v) is 10.0. The number of thioether (sulfide) groups is 1. The smallest absolute Gasteiger partial charge is 0.237 e. The number of nitrogens with zero attached hydrogens (tertiary/aromatic N) is 4. The maximum absolute atomic E-state index is 12.3. The van der Waals surface area contributed by atoms with Crippen LogP contribution in [0.25, 0.3) is 22.4 Å². The van der Waals surface area contributed by atoms with Gasteiger partial charge in [0.05, 0.1) is 16.8 Å². The Bertz CT molecular complexity index is 1100. The number of carbonyl (C=O) groups is 1. The monoisotopic (exact) mass is 392 g/mol. The van der Waals surface area contributed by atoms with Crippen LogP contribution in [0, 0.1) is 6.92 Å². The predicted octanol–water partition coefficient (Wildman–Crippen LogP) is 3.88. The molecule has 0 unspecified atom stereocenters. The van der Waals surface area contributed by atoms with Gasteiger partial charge in [0.15, 0.2) is 11.0 Å². The van der Waals surface area contributed by atoms with E-state index in [1.54, 1.807) is 0 Å². The SMILES string of the molecule is CCn1c(SCC(=O)Nc2nc3ccccc3[nH]2)nnc1-c1ccccc1C. The lowest BCUT2D eigenvalue weighted by atomic mass is 10.1. The molecule has 0 aliphatic carbocycles. The summed E-state index contributed by atoms with van der Waals surface area (Å²) in [5, 5.41) is 12.2. The Labute approximate surface area is 166 Å². The number of amides is 1. The number of aryl methyl sites for hydroxylation is 1. The second-order valence-electron chi connectivity index (χ2n) is 6.30. The van der Waals surface area contributed by atoms with Gasteiger partial charge in [-0.3, -0.25) is 10.1 Å². The Morgan fingerprint density at radius 2 is 1.93 bits per heavy atom. The molecular weight excluding hydrogens is 372 g/mol. The minimum Gasteiger partial charge on any atom is -0.324 e. The summed E-state index contributed by atoms with van der Waals surface area (Å²) in [6, 6.07) is 15.7. The summed E-state index contributed by atoms with van der Waals surface area (Å²) >= 11 is 1.36. The van der Waals surface area contributed by atoms with Gasteiger partial charge < -0.3 is 9.55 Å². The van der Waals surface area contributed by atoms with Crippen molar-refractivity contribution in [2.45, 2.75) is 25.5 Å². The van der Waals surface area contributed by atoms with Crippen LogP contribution in [0.1, 0.15) is 12.5 Å². The van der Waals surface area contributed by atoms with Crippen molar-refractivity contribution in [3.63, 3.8) is 0 Å². The van der Waals surface area contributed by atoms with E-state index in [4.69, 9.17) is 0 Å². The minimum atomic E-state index is -0.146. The molecular formula is C20H20N6OS. The molecule has 2 heterocycles. The van der Waals surface area contributed by atoms with Crippen LogP contribution < -0.4 is 5.32 Å². The zero-order valence-electron chi connectivity index (χ0n) is 15.6. The summed E-state index contributed by atoms with van der Waals surface area (Å²) in [6.07, 6.45) is 0. The molecule has 2 aromatic carbocycles. The lowest BCUT2D eigenvalue weighted by Crippen LogP contribution is -2.15. The van der Waals surface area contributed by atoms with Gasteiger partial charge in [0.25, 0.3) is 0 Å². The molecule has 0 spiro atoms. The van der Waals surface area contributed by atoms with E-state index in [9.17, 15) is 4.79 Å². The number of imidazole rings is 1. The van der Waals surface area contributed by atoms with Gasteiger partial charge in [-0.05, 0) is 31.5 Å². The molecule has 0 atom stereocenters. The highest BCUT2D eigenvalue weighted by Crippen LogP contribution is 2.26. The molecule has 1 amide bonds. The van der Waals surface area contributed by atoms with Gasteiger partial charge in [0, 0.05) is 12.1 Å². The lowest BCUT2D eigenvalue weighted by molar-refractivity contribution is -0.113. The third-order valence-corrected chi connectivity index (χ3v) is 5.37. The average molecular weight is 392 g/mol. The Morgan fingerprint density at radius 1 is 1.14 bits per heavy atom. The number of hydrogen-bond acceptors (Lipinski definition) is 5. The zero-order valence-corrected chi connectivity index (χ0v) is 16.5. The Kier molecular flexibility index (Phi) is 5.12. The number of aromatic nitrogens is 5. The summed E-state index contributed by atoms with van der Waals surface area (Å²) in [6.45, 7) is 4.82. The number of H-pyrrole nitrogens is 1. The highest BCUT2D eigenvalue weighted by molar-refractivity contribution is 7.99. The number of benzene rings is 2. The van der Waals surface area contributed by atoms with Crippen molar-refractivity contribution < 1.29 is 4.79 Å². The molecule has 28 heavy (non-hydrogen) atoms. The van der Waals surface area contributed by atoms with E-state index in [2.05, 4.69) is 38.5 Å². The first-order chi connectivity index (χ1) is 13.7. The molecule has 0 aliphatic rings. The van der Waals surface area contributed by atoms with Crippen LogP contribution in [0.5, 0.6) is 0 Å². The van der Waals surface area contributed by atoms with E-state index in [-0.39, 0.29) is 11.7 Å². The predicted molar refractivity (Wildman–Crippen MR) is 111 cm³/mol. The van der Waals surface area contributed by atoms with Crippen molar-refractivity contribution in [3.8, 4) is 11.4 Å². The number of nitrogens with one attached hydrogen (secondary N) is 2. The standard InChI is InChI=1S/C20H20N6OS/c1-3-26-18(14-9-5-4-8-13(14)2)24-25-20(26)28-12-17(27)23-19-21-15-10-6-7-11-16(15)22-19/h4-11H,3,12H2,1-2H3,(H2,21,22,23,27). The van der Waals surface area contributed by atoms with Crippen molar-refractivity contribution in [2.24, 2.45) is 0 Å². The van der Waals surface area contributed by atoms with Gasteiger partial charge in [-0.2, -0.15) is 0 Å². The Balaban J connectivity index is 1.46. The number of carbonyl (C=O) groups excluding carboxylic acids is 1. The molecule has 0 fully saturated rings. The van der Waals surface area contributed by atoms with Gasteiger partial charge in [-0.1, -0.05) is 48.2 Å². The van der Waals surface area contributed by atoms with Gasteiger partial charge in [-0.25, -0.2) is 4.98 Å². The van der Waals surface area contributed by atoms with Crippen LogP contribution >= 0.6 is 11.8 Å². The second kappa shape index (κ2) is 7.85. The number of aromatic amines is 1. The summed E-state index contributed by atoms with van der Waals surface area (Å²) in [4.78, 5) is 19.8. The van der Waals surface area contributed by atoms with Crippen LogP contribution in [0.4, 0.5) is 5.95 Å². The highest BCUT2D eigenvalue weighted by atomic mass is 32.2. The van der Waals surface area contributed by atoms with Gasteiger partial charge in [0.1, 0.15) is 0 Å². The third kappa shape index (κ3) is 3.63. The molecule has 8 heteroatoms. The van der Waals surface area contributed by atoms with E-state index >= 15 is 0 Å². The quantitative estimate of drug-likeness (QED) is 0.486. The Morgan fingerprint density at radius 3 is 2.71 bits per heavy atom. The van der Waals surface area contributed by atoms with Gasteiger partial charge in [-0.15, -0.1) is 10.2 Å². The van der Waals surface area contributed by atoms with E-state index in [1.165, 1.54) is 11.8 Å². The summed E-state index contributed by atoms with van der Waals surface area (Å²) in [5.41, 5.74) is 3.90. The van der Waals surface area contributed by atoms with E-state index in [1.807, 2.05) is 54.0 Å². The number of para-hydroxylation sites is 2. The number of fused-ring (bicyclic) bond motifs is 1. The fraction of sp³-hybridized carbons (Fsp3) is 0.200. The summed E-state index contributed by atoms with van der Waals surface area (Å²) in [7, 11) is 0. The topological polar surface area (TPSA) is 88.5 Å². The van der Waals surface area contributed by atoms with E-state index in [0.29, 0.717) is 5.95 Å². The molecule has 0 bridgehead atoms. The highest BCUT2D eigenvalue weighted by Gasteiger charge is 2.16. The fourth-order valence-electron chi connectivity index (χ4n) is 3.01. The molecule has 0 saturated heterocycles. The van der Waals surface area contributed by atoms with Crippen molar-refractivity contribution in [1.29, 1.82) is 0 Å². The second-order valence-corrected chi connectivity index (χ2v) is 7.25. The summed E-state index contributed by atoms with van der Waals surface area (Å²) < 4.78 is 2.03. The fourth-order valence-corrected chi connectivity index (χ4v) is 3.82. The molecule has 7 nitrogen and oxygen atoms in total. The maximum Gasteiger partial charge on any atom is 0.237 e. The van der Waals surface area contributed by atoms with Gasteiger partial charge in [0.2, 0.25) is 11.9 Å². The minimum absolute atomic E-state index is 0.146. The van der Waals surface area contributed by atoms with Crippen molar-refractivity contribution in [2.75, 3.05) is 11.1 Å². The number of hydrogen-bond donors (Lipinski definition) is 2. The van der Waals surface area contributed by atoms with Crippen LogP contribution in [-0.4, -0.2) is 36.4 Å². The zero-order chi connectivity index (χ0) is 19.5. The molecule has 0 radical (unpaired) electrons. The summed E-state index contributed by atoms with van der Waals surface area (Å²) in [5.74, 6) is 1.35. The van der Waals surface area contributed by atoms with Crippen molar-refractivity contribution in [1.82, 2.24) is 24.7 Å². The van der Waals surface area contributed by atoms with E-state index < -0.39 is 0 Å². The van der Waals surface area contributed by atoms with Crippen molar-refractivity contribution in [3.05, 3.63) is 54.1 Å². The molecule has 0 saturated carbocycles. The van der Waals surface area contributed by atoms with Crippen LogP contribution in [0.3, 0.4) is 0 Å². The van der Waals surface area contributed by atoms with Crippen molar-refractivity contribution >= 4 is 34.7 Å². The van der Waals surface area contributed by atoms with E-state index in [0.717, 1.165) is 39.7 Å². The molecule has 142 valence electrons. The van der Waals surface area contributed by atoms with Gasteiger partial charge >= 0.3 is 0 Å². The number of anilines is 1. The third-order valence-electron chi connectivity index (χ3n) is 4.40.